The molecular weight excluding hydrogens is 610 g/mol. The molecule has 0 radical (unpaired) electrons. The van der Waals surface area contributed by atoms with E-state index in [1.54, 1.807) is 56.0 Å². The highest BCUT2D eigenvalue weighted by atomic mass is 35.5. The van der Waals surface area contributed by atoms with Gasteiger partial charge in [-0.15, -0.1) is 0 Å². The summed E-state index contributed by atoms with van der Waals surface area (Å²) in [6.07, 6.45) is 9.78. The van der Waals surface area contributed by atoms with E-state index in [2.05, 4.69) is 24.1 Å². The van der Waals surface area contributed by atoms with Gasteiger partial charge < -0.3 is 28.6 Å². The fourth-order valence-electron chi connectivity index (χ4n) is 4.57. The van der Waals surface area contributed by atoms with E-state index in [4.69, 9.17) is 25.8 Å². The number of rotatable bonds is 17. The first-order valence-electron chi connectivity index (χ1n) is 15.1. The van der Waals surface area contributed by atoms with Gasteiger partial charge in [0.15, 0.2) is 10.6 Å². The molecule has 1 unspecified atom stereocenters. The summed E-state index contributed by atoms with van der Waals surface area (Å²) in [5.41, 5.74) is 3.93. The standard InChI is InChI=1S/C35H40ClN3O5S/c1-4-6-18-43-19-20-44-30-12-7-26(8-13-30)32-21-27(34(42-3)22-33(32)36)9-16-35(40)38-28-10-14-31(15-11-28)45(41)24-29-23-37-25-39(29)17-5-2/h7-16,21-23,25H,4-6,17-20,24H2,1-3H3,(H,38,40)/b16-9+. The van der Waals surface area contributed by atoms with Gasteiger partial charge in [-0.25, -0.2) is 4.98 Å². The fourth-order valence-corrected chi connectivity index (χ4v) is 5.94. The SMILES string of the molecule is CCCCOCCOc1ccc(-c2cc(/C=C/C(=O)Nc3ccc([S+]([O-])Cc4cncn4CCC)cc3)c(OC)cc2Cl)cc1. The van der Waals surface area contributed by atoms with E-state index in [9.17, 15) is 9.35 Å². The number of ether oxygens (including phenoxy) is 3. The van der Waals surface area contributed by atoms with E-state index in [1.807, 2.05) is 34.9 Å². The highest BCUT2D eigenvalue weighted by molar-refractivity contribution is 7.90. The van der Waals surface area contributed by atoms with Gasteiger partial charge >= 0.3 is 0 Å². The molecule has 0 saturated carbocycles. The Bertz CT molecular complexity index is 1540. The molecule has 1 N–H and O–H groups in total. The van der Waals surface area contributed by atoms with Crippen molar-refractivity contribution in [2.24, 2.45) is 0 Å². The number of nitrogens with zero attached hydrogens (tertiary/aromatic N) is 2. The Morgan fingerprint density at radius 2 is 1.82 bits per heavy atom. The van der Waals surface area contributed by atoms with Crippen molar-refractivity contribution in [3.05, 3.63) is 95.5 Å². The van der Waals surface area contributed by atoms with Crippen LogP contribution in [0.1, 0.15) is 44.4 Å². The Kier molecular flexibility index (Phi) is 13.4. The molecule has 238 valence electrons. The monoisotopic (exact) mass is 649 g/mol. The number of hydrogen-bond donors (Lipinski definition) is 1. The summed E-state index contributed by atoms with van der Waals surface area (Å²) in [6.45, 7) is 6.85. The number of halogens is 1. The maximum atomic E-state index is 12.9. The molecule has 1 aromatic heterocycles. The fraction of sp³-hybridized carbons (Fsp3) is 0.314. The van der Waals surface area contributed by atoms with Crippen LogP contribution < -0.4 is 14.8 Å². The van der Waals surface area contributed by atoms with E-state index in [1.165, 1.54) is 6.08 Å². The smallest absolute Gasteiger partial charge is 0.248 e. The number of amides is 1. The normalized spacial score (nSPS) is 11.9. The van der Waals surface area contributed by atoms with Crippen molar-refractivity contribution in [2.75, 3.05) is 32.2 Å². The molecule has 1 heterocycles. The van der Waals surface area contributed by atoms with Crippen molar-refractivity contribution in [1.29, 1.82) is 0 Å². The number of hydrogen-bond acceptors (Lipinski definition) is 6. The molecule has 0 spiro atoms. The predicted molar refractivity (Wildman–Crippen MR) is 181 cm³/mol. The Balaban J connectivity index is 1.36. The van der Waals surface area contributed by atoms with Crippen LogP contribution in [0.2, 0.25) is 5.02 Å². The van der Waals surface area contributed by atoms with Crippen LogP contribution in [-0.2, 0) is 33.0 Å². The minimum absolute atomic E-state index is 0.314. The van der Waals surface area contributed by atoms with Crippen molar-refractivity contribution in [3.8, 4) is 22.6 Å². The van der Waals surface area contributed by atoms with E-state index < -0.39 is 11.2 Å². The Labute approximate surface area is 273 Å². The predicted octanol–water partition coefficient (Wildman–Crippen LogP) is 7.78. The van der Waals surface area contributed by atoms with Gasteiger partial charge in [0.1, 0.15) is 18.1 Å². The quantitative estimate of drug-likeness (QED) is 0.0713. The van der Waals surface area contributed by atoms with Crippen LogP contribution >= 0.6 is 11.6 Å². The first-order chi connectivity index (χ1) is 21.9. The second-order valence-corrected chi connectivity index (χ2v) is 12.2. The first kappa shape index (κ1) is 34.1. The van der Waals surface area contributed by atoms with Gasteiger partial charge in [-0.1, -0.05) is 44.0 Å². The molecule has 3 aromatic carbocycles. The van der Waals surface area contributed by atoms with Gasteiger partial charge in [-0.2, -0.15) is 0 Å². The molecule has 0 fully saturated rings. The summed E-state index contributed by atoms with van der Waals surface area (Å²) in [5.74, 6) is 1.36. The summed E-state index contributed by atoms with van der Waals surface area (Å²) in [4.78, 5) is 17.6. The summed E-state index contributed by atoms with van der Waals surface area (Å²) in [5, 5.41) is 3.38. The molecule has 0 saturated heterocycles. The summed E-state index contributed by atoms with van der Waals surface area (Å²) in [6, 6.07) is 18.3. The number of benzene rings is 3. The maximum Gasteiger partial charge on any atom is 0.248 e. The molecule has 1 amide bonds. The van der Waals surface area contributed by atoms with Gasteiger partial charge in [-0.3, -0.25) is 4.79 Å². The van der Waals surface area contributed by atoms with Crippen LogP contribution in [0.25, 0.3) is 17.2 Å². The highest BCUT2D eigenvalue weighted by Crippen LogP contribution is 2.35. The second kappa shape index (κ2) is 17.7. The van der Waals surface area contributed by atoms with Crippen LogP contribution in [-0.4, -0.2) is 46.9 Å². The third-order valence-corrected chi connectivity index (χ3v) is 8.63. The largest absolute Gasteiger partial charge is 0.611 e. The van der Waals surface area contributed by atoms with Crippen molar-refractivity contribution >= 4 is 40.4 Å². The molecule has 4 rings (SSSR count). The van der Waals surface area contributed by atoms with Crippen molar-refractivity contribution < 1.29 is 23.6 Å². The zero-order valence-corrected chi connectivity index (χ0v) is 27.5. The zero-order chi connectivity index (χ0) is 32.0. The average molecular weight is 650 g/mol. The molecule has 8 nitrogen and oxygen atoms in total. The molecule has 0 aliphatic rings. The van der Waals surface area contributed by atoms with Crippen LogP contribution in [0.4, 0.5) is 5.69 Å². The summed E-state index contributed by atoms with van der Waals surface area (Å²) >= 11 is 5.38. The molecule has 10 heteroatoms. The summed E-state index contributed by atoms with van der Waals surface area (Å²) < 4.78 is 31.8. The van der Waals surface area contributed by atoms with Crippen LogP contribution in [0.5, 0.6) is 11.5 Å². The zero-order valence-electron chi connectivity index (χ0n) is 26.0. The van der Waals surface area contributed by atoms with Crippen LogP contribution in [0.3, 0.4) is 0 Å². The second-order valence-electron chi connectivity index (χ2n) is 10.3. The lowest BCUT2D eigenvalue weighted by atomic mass is 10.0. The number of carbonyl (C=O) groups excluding carboxylic acids is 1. The molecule has 0 aliphatic heterocycles. The number of carbonyl (C=O) groups is 1. The van der Waals surface area contributed by atoms with Crippen molar-refractivity contribution in [2.45, 2.75) is 50.3 Å². The number of unbranched alkanes of at least 4 members (excludes halogenated alkanes) is 1. The Hall–Kier alpha value is -3.76. The van der Waals surface area contributed by atoms with Crippen LogP contribution in [0.15, 0.2) is 84.2 Å². The van der Waals surface area contributed by atoms with Gasteiger partial charge in [0.2, 0.25) is 5.91 Å². The molecule has 45 heavy (non-hydrogen) atoms. The lowest BCUT2D eigenvalue weighted by Gasteiger charge is -2.13. The van der Waals surface area contributed by atoms with Gasteiger partial charge in [0.05, 0.1) is 37.0 Å². The lowest BCUT2D eigenvalue weighted by molar-refractivity contribution is -0.111. The molecule has 4 aromatic rings. The van der Waals surface area contributed by atoms with Gasteiger partial charge in [0.25, 0.3) is 0 Å². The molecule has 1 atom stereocenters. The lowest BCUT2D eigenvalue weighted by Crippen LogP contribution is -2.11. The summed E-state index contributed by atoms with van der Waals surface area (Å²) in [7, 11) is 1.56. The number of methoxy groups -OCH3 is 1. The van der Waals surface area contributed by atoms with Crippen molar-refractivity contribution in [1.82, 2.24) is 9.55 Å². The molecule has 0 aliphatic carbocycles. The van der Waals surface area contributed by atoms with E-state index >= 15 is 0 Å². The van der Waals surface area contributed by atoms with Crippen molar-refractivity contribution in [3.63, 3.8) is 0 Å². The average Bonchev–Trinajstić information content (AvgIpc) is 3.49. The minimum Gasteiger partial charge on any atom is -0.611 e. The third-order valence-electron chi connectivity index (χ3n) is 6.96. The number of aryl methyl sites for hydroxylation is 1. The number of anilines is 1. The maximum absolute atomic E-state index is 12.9. The Morgan fingerprint density at radius 3 is 2.53 bits per heavy atom. The topological polar surface area (TPSA) is 97.7 Å². The molecular formula is C35H40ClN3O5S. The Morgan fingerprint density at radius 1 is 1.04 bits per heavy atom. The number of imidazole rings is 1. The number of nitrogens with one attached hydrogen (secondary N) is 1. The first-order valence-corrected chi connectivity index (χ1v) is 16.8. The number of aromatic nitrogens is 2. The molecule has 0 bridgehead atoms. The van der Waals surface area contributed by atoms with Crippen LogP contribution in [0, 0.1) is 0 Å². The van der Waals surface area contributed by atoms with Gasteiger partial charge in [0, 0.05) is 36.0 Å². The minimum atomic E-state index is -1.23. The highest BCUT2D eigenvalue weighted by Gasteiger charge is 2.15. The van der Waals surface area contributed by atoms with Gasteiger partial charge in [-0.05, 0) is 84.2 Å². The van der Waals surface area contributed by atoms with E-state index in [0.717, 1.165) is 55.0 Å². The third kappa shape index (κ3) is 10.1. The van der Waals surface area contributed by atoms with E-state index in [-0.39, 0.29) is 5.91 Å². The van der Waals surface area contributed by atoms with E-state index in [0.29, 0.717) is 45.9 Å².